The summed E-state index contributed by atoms with van der Waals surface area (Å²) in [5.41, 5.74) is 5.74. The standard InChI is InChI=1S/C27H26N4O3/c32-26(33)18-34-25-11-5-9-23-20(8-4-10-24(23)25)12-14-31-17-22(16-29-31)27(30-15-13-28-19-30)21-6-2-1-3-7-21/h1-3,5-7,9,11-13,15-17,19,27H,4,8,10,14,18H2,(H,32,33). The molecule has 0 bridgehead atoms. The number of allylic oxidation sites excluding steroid dienone is 2. The highest BCUT2D eigenvalue weighted by atomic mass is 16.5. The van der Waals surface area contributed by atoms with Gasteiger partial charge in [-0.15, -0.1) is 0 Å². The van der Waals surface area contributed by atoms with Crippen LogP contribution in [0.1, 0.15) is 41.1 Å². The van der Waals surface area contributed by atoms with Crippen LogP contribution in [0.25, 0.3) is 5.57 Å². The molecule has 7 heteroatoms. The van der Waals surface area contributed by atoms with Gasteiger partial charge in [0.2, 0.25) is 0 Å². The van der Waals surface area contributed by atoms with Gasteiger partial charge in [-0.25, -0.2) is 9.78 Å². The quantitative estimate of drug-likeness (QED) is 0.421. The smallest absolute Gasteiger partial charge is 0.341 e. The van der Waals surface area contributed by atoms with Gasteiger partial charge in [0.1, 0.15) is 5.75 Å². The molecular formula is C27H26N4O3. The number of carbonyl (C=O) groups is 1. The zero-order chi connectivity index (χ0) is 23.3. The van der Waals surface area contributed by atoms with Crippen LogP contribution in [0, 0.1) is 0 Å². The molecule has 0 amide bonds. The molecular weight excluding hydrogens is 428 g/mol. The van der Waals surface area contributed by atoms with Crippen LogP contribution in [-0.2, 0) is 17.8 Å². The van der Waals surface area contributed by atoms with E-state index in [-0.39, 0.29) is 12.6 Å². The second kappa shape index (κ2) is 9.79. The highest BCUT2D eigenvalue weighted by Gasteiger charge is 2.20. The first kappa shape index (κ1) is 21.7. The molecule has 0 saturated heterocycles. The summed E-state index contributed by atoms with van der Waals surface area (Å²) in [5, 5.41) is 13.6. The summed E-state index contributed by atoms with van der Waals surface area (Å²) in [6.45, 7) is 0.325. The Balaban J connectivity index is 1.38. The second-order valence-corrected chi connectivity index (χ2v) is 8.37. The highest BCUT2D eigenvalue weighted by Crippen LogP contribution is 2.36. The van der Waals surface area contributed by atoms with Crippen LogP contribution < -0.4 is 4.74 Å². The molecule has 0 fully saturated rings. The Kier molecular flexibility index (Phi) is 6.25. The van der Waals surface area contributed by atoms with E-state index in [1.165, 1.54) is 11.1 Å². The van der Waals surface area contributed by atoms with E-state index in [9.17, 15) is 4.79 Å². The molecule has 2 heterocycles. The molecule has 0 spiro atoms. The normalized spacial score (nSPS) is 15.1. The lowest BCUT2D eigenvalue weighted by Gasteiger charge is -2.22. The molecule has 0 aliphatic heterocycles. The Morgan fingerprint density at radius 2 is 2.00 bits per heavy atom. The van der Waals surface area contributed by atoms with E-state index >= 15 is 0 Å². The predicted molar refractivity (Wildman–Crippen MR) is 129 cm³/mol. The lowest BCUT2D eigenvalue weighted by Crippen LogP contribution is -2.12. The number of aliphatic carboxylic acids is 1. The number of fused-ring (bicyclic) bond motifs is 1. The number of nitrogens with zero attached hydrogens (tertiary/aromatic N) is 4. The number of rotatable bonds is 8. The Morgan fingerprint density at radius 1 is 1.12 bits per heavy atom. The van der Waals surface area contributed by atoms with Gasteiger partial charge in [-0.2, -0.15) is 5.10 Å². The minimum absolute atomic E-state index is 0.00875. The SMILES string of the molecule is O=C(O)COc1cccc2c1CCCC2=CCn1cc(C(c2ccccc2)n2ccnc2)cn1. The highest BCUT2D eigenvalue weighted by molar-refractivity contribution is 5.73. The molecule has 172 valence electrons. The van der Waals surface area contributed by atoms with Crippen LogP contribution in [0.5, 0.6) is 5.75 Å². The lowest BCUT2D eigenvalue weighted by atomic mass is 9.86. The van der Waals surface area contributed by atoms with Gasteiger partial charge in [0.15, 0.2) is 6.61 Å². The maximum Gasteiger partial charge on any atom is 0.341 e. The molecule has 2 aromatic heterocycles. The van der Waals surface area contributed by atoms with Crippen LogP contribution >= 0.6 is 0 Å². The Hall–Kier alpha value is -4.13. The number of carboxylic acids is 1. The number of imidazole rings is 1. The van der Waals surface area contributed by atoms with E-state index in [1.54, 1.807) is 6.20 Å². The first-order chi connectivity index (χ1) is 16.7. The molecule has 4 aromatic rings. The molecule has 7 nitrogen and oxygen atoms in total. The van der Waals surface area contributed by atoms with E-state index in [0.29, 0.717) is 12.3 Å². The van der Waals surface area contributed by atoms with Gasteiger partial charge in [0, 0.05) is 29.7 Å². The van der Waals surface area contributed by atoms with Crippen molar-refractivity contribution in [3.8, 4) is 5.75 Å². The van der Waals surface area contributed by atoms with E-state index < -0.39 is 5.97 Å². The third kappa shape index (κ3) is 4.64. The van der Waals surface area contributed by atoms with Crippen molar-refractivity contribution in [1.82, 2.24) is 19.3 Å². The van der Waals surface area contributed by atoms with E-state index in [2.05, 4.69) is 45.1 Å². The fourth-order valence-corrected chi connectivity index (χ4v) is 4.62. The number of hydrogen-bond donors (Lipinski definition) is 1. The molecule has 1 N–H and O–H groups in total. The first-order valence-corrected chi connectivity index (χ1v) is 11.4. The van der Waals surface area contributed by atoms with Crippen molar-refractivity contribution in [2.24, 2.45) is 0 Å². The second-order valence-electron chi connectivity index (χ2n) is 8.37. The van der Waals surface area contributed by atoms with Crippen LogP contribution in [0.3, 0.4) is 0 Å². The molecule has 0 radical (unpaired) electrons. The Labute approximate surface area is 198 Å². The van der Waals surface area contributed by atoms with Crippen LogP contribution in [0.15, 0.2) is 85.7 Å². The van der Waals surface area contributed by atoms with Crippen LogP contribution in [-0.4, -0.2) is 37.0 Å². The Bertz CT molecular complexity index is 1290. The van der Waals surface area contributed by atoms with Crippen molar-refractivity contribution >= 4 is 11.5 Å². The summed E-state index contributed by atoms with van der Waals surface area (Å²) in [7, 11) is 0. The van der Waals surface area contributed by atoms with Gasteiger partial charge in [-0.1, -0.05) is 48.5 Å². The van der Waals surface area contributed by atoms with Crippen LogP contribution in [0.4, 0.5) is 0 Å². The maximum atomic E-state index is 10.9. The van der Waals surface area contributed by atoms with Gasteiger partial charge in [-0.05, 0) is 42.0 Å². The van der Waals surface area contributed by atoms with E-state index in [0.717, 1.165) is 36.0 Å². The fraction of sp³-hybridized carbons (Fsp3) is 0.222. The summed E-state index contributed by atoms with van der Waals surface area (Å²) in [6, 6.07) is 16.2. The molecule has 1 atom stereocenters. The lowest BCUT2D eigenvalue weighted by molar-refractivity contribution is -0.139. The van der Waals surface area contributed by atoms with Crippen LogP contribution in [0.2, 0.25) is 0 Å². The first-order valence-electron chi connectivity index (χ1n) is 11.4. The predicted octanol–water partition coefficient (Wildman–Crippen LogP) is 4.60. The van der Waals surface area contributed by atoms with Gasteiger partial charge in [0.25, 0.3) is 0 Å². The largest absolute Gasteiger partial charge is 0.482 e. The summed E-state index contributed by atoms with van der Waals surface area (Å²) in [4.78, 5) is 15.2. The third-order valence-corrected chi connectivity index (χ3v) is 6.14. The van der Waals surface area contributed by atoms with Gasteiger partial charge in [0.05, 0.1) is 25.1 Å². The minimum Gasteiger partial charge on any atom is -0.482 e. The maximum absolute atomic E-state index is 10.9. The van der Waals surface area contributed by atoms with Crippen molar-refractivity contribution < 1.29 is 14.6 Å². The van der Waals surface area contributed by atoms with Crippen molar-refractivity contribution in [3.63, 3.8) is 0 Å². The summed E-state index contributed by atoms with van der Waals surface area (Å²) >= 11 is 0. The van der Waals surface area contributed by atoms with E-state index in [1.807, 2.05) is 53.7 Å². The number of aromatic nitrogens is 4. The van der Waals surface area contributed by atoms with Crippen molar-refractivity contribution in [1.29, 1.82) is 0 Å². The molecule has 34 heavy (non-hydrogen) atoms. The fourth-order valence-electron chi connectivity index (χ4n) is 4.62. The summed E-state index contributed by atoms with van der Waals surface area (Å²) < 4.78 is 9.57. The monoisotopic (exact) mass is 454 g/mol. The number of benzene rings is 2. The molecule has 1 aliphatic rings. The molecule has 0 saturated carbocycles. The van der Waals surface area contributed by atoms with Crippen molar-refractivity contribution in [3.05, 3.63) is 108 Å². The van der Waals surface area contributed by atoms with E-state index in [4.69, 9.17) is 9.84 Å². The zero-order valence-electron chi connectivity index (χ0n) is 18.7. The molecule has 5 rings (SSSR count). The molecule has 2 aromatic carbocycles. The Morgan fingerprint density at radius 3 is 2.79 bits per heavy atom. The third-order valence-electron chi connectivity index (χ3n) is 6.14. The number of ether oxygens (including phenoxy) is 1. The topological polar surface area (TPSA) is 82.2 Å². The number of carboxylic acid groups (broad SMARTS) is 1. The molecule has 1 aliphatic carbocycles. The summed E-state index contributed by atoms with van der Waals surface area (Å²) in [5.74, 6) is -0.305. The average molecular weight is 455 g/mol. The van der Waals surface area contributed by atoms with Gasteiger partial charge < -0.3 is 14.4 Å². The van der Waals surface area contributed by atoms with Gasteiger partial charge >= 0.3 is 5.97 Å². The van der Waals surface area contributed by atoms with Gasteiger partial charge in [-0.3, -0.25) is 4.68 Å². The summed E-state index contributed by atoms with van der Waals surface area (Å²) in [6.07, 6.45) is 14.7. The zero-order valence-corrected chi connectivity index (χ0v) is 18.7. The number of hydrogen-bond acceptors (Lipinski definition) is 4. The van der Waals surface area contributed by atoms with Crippen molar-refractivity contribution in [2.45, 2.75) is 31.8 Å². The average Bonchev–Trinajstić information content (AvgIpc) is 3.55. The van der Waals surface area contributed by atoms with Crippen molar-refractivity contribution in [2.75, 3.05) is 6.61 Å². The minimum atomic E-state index is -0.969. The molecule has 1 unspecified atom stereocenters.